The van der Waals surface area contributed by atoms with E-state index < -0.39 is 10.0 Å². The third kappa shape index (κ3) is 2.89. The van der Waals surface area contributed by atoms with Gasteiger partial charge in [-0.15, -0.1) is 0 Å². The van der Waals surface area contributed by atoms with Crippen molar-refractivity contribution in [3.05, 3.63) is 53.7 Å². The van der Waals surface area contributed by atoms with Crippen LogP contribution in [0.1, 0.15) is 11.1 Å². The quantitative estimate of drug-likeness (QED) is 0.927. The van der Waals surface area contributed by atoms with Crippen LogP contribution in [0.25, 0.3) is 0 Å². The molecule has 0 saturated carbocycles. The van der Waals surface area contributed by atoms with E-state index in [1.807, 2.05) is 6.07 Å². The zero-order valence-electron chi connectivity index (χ0n) is 10.2. The minimum absolute atomic E-state index is 0.0385. The number of rotatable bonds is 3. The van der Waals surface area contributed by atoms with E-state index in [0.717, 1.165) is 5.56 Å². The number of aromatic nitrogens is 1. The molecule has 19 heavy (non-hydrogen) atoms. The number of hydrogen-bond acceptors (Lipinski definition) is 4. The molecule has 5 nitrogen and oxygen atoms in total. The minimum atomic E-state index is -3.73. The molecule has 0 unspecified atom stereocenters. The fourth-order valence-electron chi connectivity index (χ4n) is 1.51. The van der Waals surface area contributed by atoms with Crippen LogP contribution in [0.5, 0.6) is 0 Å². The molecule has 0 fully saturated rings. The average Bonchev–Trinajstić information content (AvgIpc) is 2.41. The highest BCUT2D eigenvalue weighted by molar-refractivity contribution is 7.92. The highest BCUT2D eigenvalue weighted by Gasteiger charge is 2.16. The second-order valence-electron chi connectivity index (χ2n) is 3.91. The van der Waals surface area contributed by atoms with Gasteiger partial charge in [-0.3, -0.25) is 4.72 Å². The van der Waals surface area contributed by atoms with Gasteiger partial charge in [-0.1, -0.05) is 12.1 Å². The number of nitriles is 1. The summed E-state index contributed by atoms with van der Waals surface area (Å²) < 4.78 is 26.7. The summed E-state index contributed by atoms with van der Waals surface area (Å²) in [6.45, 7) is 1.76. The van der Waals surface area contributed by atoms with E-state index in [1.165, 1.54) is 24.4 Å². The predicted molar refractivity (Wildman–Crippen MR) is 70.9 cm³/mol. The molecule has 0 amide bonds. The summed E-state index contributed by atoms with van der Waals surface area (Å²) >= 11 is 0. The van der Waals surface area contributed by atoms with Gasteiger partial charge in [0.25, 0.3) is 10.0 Å². The average molecular weight is 273 g/mol. The Morgan fingerprint density at radius 2 is 2.05 bits per heavy atom. The van der Waals surface area contributed by atoms with Crippen molar-refractivity contribution in [2.45, 2.75) is 11.8 Å². The summed E-state index contributed by atoms with van der Waals surface area (Å²) in [5.74, 6) is 0.282. The first-order valence-electron chi connectivity index (χ1n) is 5.47. The Kier molecular flexibility index (Phi) is 3.49. The van der Waals surface area contributed by atoms with Gasteiger partial charge in [0, 0.05) is 6.20 Å². The van der Waals surface area contributed by atoms with Gasteiger partial charge in [0.15, 0.2) is 0 Å². The van der Waals surface area contributed by atoms with Gasteiger partial charge in [0.2, 0.25) is 0 Å². The molecule has 1 heterocycles. The number of benzene rings is 1. The molecule has 2 aromatic rings. The zero-order chi connectivity index (χ0) is 13.9. The summed E-state index contributed by atoms with van der Waals surface area (Å²) in [6.07, 6.45) is 1.51. The van der Waals surface area contributed by atoms with E-state index in [0.29, 0.717) is 5.56 Å². The fourth-order valence-corrected chi connectivity index (χ4v) is 2.64. The Balaban J connectivity index is 2.39. The Morgan fingerprint density at radius 3 is 2.74 bits per heavy atom. The molecule has 1 N–H and O–H groups in total. The SMILES string of the molecule is Cc1cccnc1NS(=O)(=O)c1cccc(C#N)c1. The molecule has 1 aromatic carbocycles. The Morgan fingerprint density at radius 1 is 1.26 bits per heavy atom. The maximum atomic E-state index is 12.2. The van der Waals surface area contributed by atoms with Crippen molar-refractivity contribution in [2.75, 3.05) is 4.72 Å². The van der Waals surface area contributed by atoms with Gasteiger partial charge in [-0.2, -0.15) is 5.26 Å². The van der Waals surface area contributed by atoms with Crippen LogP contribution < -0.4 is 4.72 Å². The molecule has 0 atom stereocenters. The molecule has 2 rings (SSSR count). The maximum Gasteiger partial charge on any atom is 0.263 e. The third-order valence-electron chi connectivity index (χ3n) is 2.51. The third-order valence-corrected chi connectivity index (χ3v) is 3.85. The Hall–Kier alpha value is -2.39. The van der Waals surface area contributed by atoms with Crippen LogP contribution in [0, 0.1) is 18.3 Å². The molecule has 0 spiro atoms. The first kappa shape index (κ1) is 13.1. The minimum Gasteiger partial charge on any atom is -0.263 e. The number of nitrogens with zero attached hydrogens (tertiary/aromatic N) is 2. The zero-order valence-corrected chi connectivity index (χ0v) is 11.0. The van der Waals surface area contributed by atoms with E-state index in [2.05, 4.69) is 9.71 Å². The number of aryl methyl sites for hydroxylation is 1. The highest BCUT2D eigenvalue weighted by Crippen LogP contribution is 2.17. The maximum absolute atomic E-state index is 12.2. The van der Waals surface area contributed by atoms with Gasteiger partial charge in [-0.05, 0) is 36.8 Å². The number of nitrogens with one attached hydrogen (secondary N) is 1. The largest absolute Gasteiger partial charge is 0.263 e. The molecule has 0 aliphatic heterocycles. The van der Waals surface area contributed by atoms with Crippen molar-refractivity contribution in [3.8, 4) is 6.07 Å². The highest BCUT2D eigenvalue weighted by atomic mass is 32.2. The van der Waals surface area contributed by atoms with Gasteiger partial charge >= 0.3 is 0 Å². The van der Waals surface area contributed by atoms with Crippen molar-refractivity contribution in [2.24, 2.45) is 0 Å². The summed E-state index contributed by atoms with van der Waals surface area (Å²) in [5, 5.41) is 8.78. The van der Waals surface area contributed by atoms with Crippen molar-refractivity contribution in [1.29, 1.82) is 5.26 Å². The second-order valence-corrected chi connectivity index (χ2v) is 5.60. The molecule has 0 aliphatic carbocycles. The van der Waals surface area contributed by atoms with Crippen molar-refractivity contribution >= 4 is 15.8 Å². The molecule has 6 heteroatoms. The number of hydrogen-bond donors (Lipinski definition) is 1. The van der Waals surface area contributed by atoms with Crippen LogP contribution in [0.2, 0.25) is 0 Å². The lowest BCUT2D eigenvalue weighted by atomic mass is 10.2. The van der Waals surface area contributed by atoms with Crippen LogP contribution >= 0.6 is 0 Å². The van der Waals surface area contributed by atoms with Crippen molar-refractivity contribution in [3.63, 3.8) is 0 Å². The smallest absolute Gasteiger partial charge is 0.263 e. The fraction of sp³-hybridized carbons (Fsp3) is 0.0769. The van der Waals surface area contributed by atoms with Gasteiger partial charge < -0.3 is 0 Å². The molecular formula is C13H11N3O2S. The van der Waals surface area contributed by atoms with Crippen LogP contribution in [0.3, 0.4) is 0 Å². The van der Waals surface area contributed by atoms with Gasteiger partial charge in [-0.25, -0.2) is 13.4 Å². The number of sulfonamides is 1. The first-order chi connectivity index (χ1) is 9.03. The van der Waals surface area contributed by atoms with Crippen LogP contribution in [0.15, 0.2) is 47.5 Å². The Labute approximate surface area is 111 Å². The van der Waals surface area contributed by atoms with Crippen molar-refractivity contribution < 1.29 is 8.42 Å². The molecule has 0 bridgehead atoms. The molecule has 0 radical (unpaired) electrons. The lowest BCUT2D eigenvalue weighted by Crippen LogP contribution is -2.14. The topological polar surface area (TPSA) is 82.8 Å². The Bertz CT molecular complexity index is 748. The van der Waals surface area contributed by atoms with Crippen molar-refractivity contribution in [1.82, 2.24) is 4.98 Å². The summed E-state index contributed by atoms with van der Waals surface area (Å²) in [5.41, 5.74) is 1.02. The van der Waals surface area contributed by atoms with Crippen LogP contribution in [-0.2, 0) is 10.0 Å². The second kappa shape index (κ2) is 5.08. The lowest BCUT2D eigenvalue weighted by molar-refractivity contribution is 0.601. The normalized spacial score (nSPS) is 10.7. The number of pyridine rings is 1. The molecular weight excluding hydrogens is 262 g/mol. The summed E-state index contributed by atoms with van der Waals surface area (Å²) in [4.78, 5) is 4.01. The van der Waals surface area contributed by atoms with E-state index in [4.69, 9.17) is 5.26 Å². The molecule has 1 aromatic heterocycles. The van der Waals surface area contributed by atoms with Crippen LogP contribution in [0.4, 0.5) is 5.82 Å². The first-order valence-corrected chi connectivity index (χ1v) is 6.96. The number of anilines is 1. The monoisotopic (exact) mass is 273 g/mol. The van der Waals surface area contributed by atoms with E-state index >= 15 is 0 Å². The van der Waals surface area contributed by atoms with E-state index in [9.17, 15) is 8.42 Å². The predicted octanol–water partition coefficient (Wildman–Crippen LogP) is 2.06. The lowest BCUT2D eigenvalue weighted by Gasteiger charge is -2.09. The molecule has 0 aliphatic rings. The molecule has 0 saturated heterocycles. The van der Waals surface area contributed by atoms with Gasteiger partial charge in [0.1, 0.15) is 5.82 Å². The van der Waals surface area contributed by atoms with E-state index in [1.54, 1.807) is 25.1 Å². The molecule has 96 valence electrons. The van der Waals surface area contributed by atoms with Gasteiger partial charge in [0.05, 0.1) is 16.5 Å². The summed E-state index contributed by atoms with van der Waals surface area (Å²) in [7, 11) is -3.73. The van der Waals surface area contributed by atoms with Crippen LogP contribution in [-0.4, -0.2) is 13.4 Å². The standard InChI is InChI=1S/C13H11N3O2S/c1-10-4-3-7-15-13(10)16-19(17,18)12-6-2-5-11(8-12)9-14/h2-8H,1H3,(H,15,16). The summed E-state index contributed by atoms with van der Waals surface area (Å²) in [6, 6.07) is 11.2. The van der Waals surface area contributed by atoms with E-state index in [-0.39, 0.29) is 10.7 Å².